The third-order valence-corrected chi connectivity index (χ3v) is 5.61. The number of benzene rings is 1. The number of halogens is 4. The largest absolute Gasteiger partial charge is 0.573 e. The molecule has 3 atom stereocenters. The number of fused-ring (bicyclic) bond motifs is 1. The number of carbonyl (C=O) groups is 2. The van der Waals surface area contributed by atoms with E-state index < -0.39 is 23.8 Å². The minimum Gasteiger partial charge on any atom is -0.481 e. The lowest BCUT2D eigenvalue weighted by Gasteiger charge is -2.26. The number of nitrogens with one attached hydrogen (secondary N) is 1. The van der Waals surface area contributed by atoms with Gasteiger partial charge in [-0.3, -0.25) is 14.5 Å². The van der Waals surface area contributed by atoms with E-state index in [0.717, 1.165) is 25.0 Å². The van der Waals surface area contributed by atoms with Gasteiger partial charge in [-0.05, 0) is 49.9 Å². The van der Waals surface area contributed by atoms with Crippen LogP contribution in [0, 0.1) is 11.3 Å². The van der Waals surface area contributed by atoms with Gasteiger partial charge in [0.05, 0.1) is 11.5 Å². The smallest absolute Gasteiger partial charge is 0.481 e. The van der Waals surface area contributed by atoms with Gasteiger partial charge in [-0.15, -0.1) is 25.6 Å². The van der Waals surface area contributed by atoms with Crippen LogP contribution < -0.4 is 10.1 Å². The van der Waals surface area contributed by atoms with E-state index in [1.165, 1.54) is 12.1 Å². The molecule has 1 aromatic rings. The maximum atomic E-state index is 12.5. The van der Waals surface area contributed by atoms with Crippen LogP contribution in [0.5, 0.6) is 5.75 Å². The number of rotatable bonds is 5. The highest BCUT2D eigenvalue weighted by Crippen LogP contribution is 2.49. The Bertz CT molecular complexity index is 729. The number of carboxylic acids is 1. The molecule has 2 aliphatic rings. The fraction of sp³-hybridized carbons (Fsp3) is 0.556. The SMILES string of the molecule is CC(C(=O)Nc1ccc(OC(F)(F)F)cc1)N1C[C@@H]2CCC[C@@]2(C(=O)O)C1.Cl. The van der Waals surface area contributed by atoms with Gasteiger partial charge in [0.15, 0.2) is 0 Å². The van der Waals surface area contributed by atoms with Crippen LogP contribution in [0.15, 0.2) is 24.3 Å². The zero-order valence-corrected chi connectivity index (χ0v) is 16.0. The molecule has 0 radical (unpaired) electrons. The normalized spacial score (nSPS) is 25.5. The molecule has 1 aliphatic heterocycles. The summed E-state index contributed by atoms with van der Waals surface area (Å²) in [6.07, 6.45) is -2.42. The monoisotopic (exact) mass is 422 g/mol. The van der Waals surface area contributed by atoms with Gasteiger partial charge in [-0.25, -0.2) is 0 Å². The predicted octanol–water partition coefficient (Wildman–Crippen LogP) is 3.52. The second kappa shape index (κ2) is 8.16. The lowest BCUT2D eigenvalue weighted by atomic mass is 9.81. The summed E-state index contributed by atoms with van der Waals surface area (Å²) in [6, 6.07) is 4.34. The van der Waals surface area contributed by atoms with Crippen molar-refractivity contribution >= 4 is 30.0 Å². The van der Waals surface area contributed by atoms with Crippen LogP contribution in [-0.2, 0) is 9.59 Å². The van der Waals surface area contributed by atoms with Crippen molar-refractivity contribution in [3.63, 3.8) is 0 Å². The summed E-state index contributed by atoms with van der Waals surface area (Å²) < 4.78 is 40.3. The van der Waals surface area contributed by atoms with Gasteiger partial charge in [0, 0.05) is 18.8 Å². The van der Waals surface area contributed by atoms with Crippen molar-refractivity contribution in [2.45, 2.75) is 38.6 Å². The average Bonchev–Trinajstić information content (AvgIpc) is 3.12. The van der Waals surface area contributed by atoms with Crippen LogP contribution in [-0.4, -0.2) is 47.4 Å². The number of aliphatic carboxylic acids is 1. The highest BCUT2D eigenvalue weighted by Gasteiger charge is 2.55. The summed E-state index contributed by atoms with van der Waals surface area (Å²) in [6.45, 7) is 2.59. The van der Waals surface area contributed by atoms with Gasteiger partial charge >= 0.3 is 12.3 Å². The zero-order chi connectivity index (χ0) is 19.8. The second-order valence-electron chi connectivity index (χ2n) is 7.22. The minimum absolute atomic E-state index is 0. The average molecular weight is 423 g/mol. The summed E-state index contributed by atoms with van der Waals surface area (Å²) >= 11 is 0. The number of likely N-dealkylation sites (tertiary alicyclic amines) is 1. The topological polar surface area (TPSA) is 78.9 Å². The molecule has 1 unspecified atom stereocenters. The molecule has 156 valence electrons. The van der Waals surface area contributed by atoms with Crippen molar-refractivity contribution in [3.8, 4) is 5.75 Å². The number of hydrogen-bond donors (Lipinski definition) is 2. The Balaban J connectivity index is 0.00000280. The van der Waals surface area contributed by atoms with E-state index in [-0.39, 0.29) is 30.0 Å². The van der Waals surface area contributed by atoms with Crippen LogP contribution in [0.3, 0.4) is 0 Å². The fourth-order valence-electron chi connectivity index (χ4n) is 4.13. The number of carbonyl (C=O) groups excluding carboxylic acids is 1. The highest BCUT2D eigenvalue weighted by atomic mass is 35.5. The van der Waals surface area contributed by atoms with Crippen molar-refractivity contribution in [2.75, 3.05) is 18.4 Å². The molecule has 1 heterocycles. The number of ether oxygens (including phenoxy) is 1. The van der Waals surface area contributed by atoms with Gasteiger partial charge < -0.3 is 15.2 Å². The first-order valence-electron chi connectivity index (χ1n) is 8.75. The summed E-state index contributed by atoms with van der Waals surface area (Å²) in [5.74, 6) is -1.46. The molecule has 0 aromatic heterocycles. The Labute approximate surface area is 166 Å². The molecule has 0 bridgehead atoms. The molecular weight excluding hydrogens is 401 g/mol. The molecule has 1 amide bonds. The standard InChI is InChI=1S/C18H21F3N2O4.ClH/c1-11(23-9-12-3-2-8-17(12,10-23)16(25)26)15(24)22-13-4-6-14(7-5-13)27-18(19,20)21;/h4-7,11-12H,2-3,8-10H2,1H3,(H,22,24)(H,25,26);1H/t11?,12-,17+;/m0./s1. The van der Waals surface area contributed by atoms with Crippen LogP contribution in [0.1, 0.15) is 26.2 Å². The molecule has 6 nitrogen and oxygen atoms in total. The number of hydrogen-bond acceptors (Lipinski definition) is 4. The van der Waals surface area contributed by atoms with Crippen LogP contribution in [0.4, 0.5) is 18.9 Å². The zero-order valence-electron chi connectivity index (χ0n) is 15.2. The molecule has 1 saturated carbocycles. The summed E-state index contributed by atoms with van der Waals surface area (Å²) in [5, 5.41) is 12.3. The van der Waals surface area contributed by atoms with Crippen LogP contribution in [0.25, 0.3) is 0 Å². The first kappa shape index (κ1) is 22.3. The summed E-state index contributed by atoms with van der Waals surface area (Å²) in [7, 11) is 0. The van der Waals surface area contributed by atoms with Gasteiger partial charge in [0.25, 0.3) is 0 Å². The summed E-state index contributed by atoms with van der Waals surface area (Å²) in [5.41, 5.74) is -0.431. The van der Waals surface area contributed by atoms with Crippen molar-refractivity contribution < 1.29 is 32.6 Å². The first-order valence-corrected chi connectivity index (χ1v) is 8.75. The van der Waals surface area contributed by atoms with E-state index in [9.17, 15) is 27.9 Å². The van der Waals surface area contributed by atoms with Gasteiger partial charge in [0.2, 0.25) is 5.91 Å². The molecule has 2 fully saturated rings. The van der Waals surface area contributed by atoms with E-state index in [1.807, 2.05) is 4.90 Å². The Kier molecular flexibility index (Phi) is 6.50. The maximum absolute atomic E-state index is 12.5. The summed E-state index contributed by atoms with van der Waals surface area (Å²) in [4.78, 5) is 26.1. The molecule has 0 spiro atoms. The number of carboxylic acid groups (broad SMARTS) is 1. The maximum Gasteiger partial charge on any atom is 0.573 e. The van der Waals surface area contributed by atoms with E-state index in [4.69, 9.17) is 0 Å². The Morgan fingerprint density at radius 1 is 1.32 bits per heavy atom. The van der Waals surface area contributed by atoms with Gasteiger partial charge in [-0.1, -0.05) is 6.42 Å². The predicted molar refractivity (Wildman–Crippen MR) is 97.4 cm³/mol. The molecule has 10 heteroatoms. The number of alkyl halides is 3. The fourth-order valence-corrected chi connectivity index (χ4v) is 4.13. The quantitative estimate of drug-likeness (QED) is 0.759. The van der Waals surface area contributed by atoms with E-state index in [1.54, 1.807) is 6.92 Å². The molecule has 1 aliphatic carbocycles. The van der Waals surface area contributed by atoms with Gasteiger partial charge in [0.1, 0.15) is 5.75 Å². The van der Waals surface area contributed by atoms with Crippen LogP contribution >= 0.6 is 12.4 Å². The molecule has 28 heavy (non-hydrogen) atoms. The van der Waals surface area contributed by atoms with Gasteiger partial charge in [-0.2, -0.15) is 0 Å². The van der Waals surface area contributed by atoms with Crippen molar-refractivity contribution in [1.29, 1.82) is 0 Å². The number of amides is 1. The third kappa shape index (κ3) is 4.52. The third-order valence-electron chi connectivity index (χ3n) is 5.61. The Hall–Kier alpha value is -2.00. The van der Waals surface area contributed by atoms with E-state index in [0.29, 0.717) is 25.2 Å². The molecule has 1 aromatic carbocycles. The lowest BCUT2D eigenvalue weighted by Crippen LogP contribution is -2.43. The molecular formula is C18H22ClF3N2O4. The highest BCUT2D eigenvalue weighted by molar-refractivity contribution is 5.94. The van der Waals surface area contributed by atoms with Crippen molar-refractivity contribution in [2.24, 2.45) is 11.3 Å². The van der Waals surface area contributed by atoms with E-state index >= 15 is 0 Å². The number of anilines is 1. The van der Waals surface area contributed by atoms with E-state index in [2.05, 4.69) is 10.1 Å². The Morgan fingerprint density at radius 2 is 1.96 bits per heavy atom. The molecule has 2 N–H and O–H groups in total. The van der Waals surface area contributed by atoms with Crippen molar-refractivity contribution in [3.05, 3.63) is 24.3 Å². The van der Waals surface area contributed by atoms with Crippen molar-refractivity contribution in [1.82, 2.24) is 4.90 Å². The van der Waals surface area contributed by atoms with Crippen LogP contribution in [0.2, 0.25) is 0 Å². The lowest BCUT2D eigenvalue weighted by molar-refractivity contribution is -0.274. The number of nitrogens with zero attached hydrogens (tertiary/aromatic N) is 1. The minimum atomic E-state index is -4.77. The molecule has 1 saturated heterocycles. The Morgan fingerprint density at radius 3 is 2.50 bits per heavy atom. The second-order valence-corrected chi connectivity index (χ2v) is 7.22. The first-order chi connectivity index (χ1) is 12.6. The molecule has 3 rings (SSSR count).